The molecule has 2 aromatic rings. The predicted octanol–water partition coefficient (Wildman–Crippen LogP) is 4.24. The largest absolute Gasteiger partial charge is 0.507 e. The van der Waals surface area contributed by atoms with Crippen molar-refractivity contribution in [2.75, 3.05) is 13.2 Å². The van der Waals surface area contributed by atoms with E-state index in [-0.39, 0.29) is 35.6 Å². The van der Waals surface area contributed by atoms with Gasteiger partial charge in [-0.15, -0.1) is 0 Å². The number of aliphatic hydroxyl groups is 1. The fourth-order valence-electron chi connectivity index (χ4n) is 3.19. The van der Waals surface area contributed by atoms with Crippen molar-refractivity contribution in [3.63, 3.8) is 0 Å². The summed E-state index contributed by atoms with van der Waals surface area (Å²) >= 11 is 12.0. The second kappa shape index (κ2) is 8.95. The van der Waals surface area contributed by atoms with Gasteiger partial charge >= 0.3 is 0 Å². The first-order valence-corrected chi connectivity index (χ1v) is 9.82. The monoisotopic (exact) mass is 434 g/mol. The highest BCUT2D eigenvalue weighted by Crippen LogP contribution is 2.39. The molecule has 1 aromatic carbocycles. The highest BCUT2D eigenvalue weighted by atomic mass is 35.5. The molecule has 1 fully saturated rings. The van der Waals surface area contributed by atoms with Crippen LogP contribution in [0.4, 0.5) is 0 Å². The molecular weight excluding hydrogens is 415 g/mol. The van der Waals surface area contributed by atoms with Crippen LogP contribution in [0.15, 0.2) is 48.3 Å². The molecule has 0 spiro atoms. The topological polar surface area (TPSA) is 79.7 Å². The third kappa shape index (κ3) is 4.45. The lowest BCUT2D eigenvalue weighted by atomic mass is 9.96. The number of amides is 1. The summed E-state index contributed by atoms with van der Waals surface area (Å²) in [5, 5.41) is 11.5. The molecule has 1 saturated heterocycles. The van der Waals surface area contributed by atoms with E-state index in [1.165, 1.54) is 17.0 Å². The van der Waals surface area contributed by atoms with Gasteiger partial charge in [0, 0.05) is 24.5 Å². The van der Waals surface area contributed by atoms with Gasteiger partial charge < -0.3 is 14.7 Å². The van der Waals surface area contributed by atoms with Gasteiger partial charge in [-0.1, -0.05) is 23.2 Å². The lowest BCUT2D eigenvalue weighted by molar-refractivity contribution is -0.140. The molecule has 152 valence electrons. The molecule has 0 saturated carbocycles. The van der Waals surface area contributed by atoms with E-state index in [9.17, 15) is 14.7 Å². The average Bonchev–Trinajstić information content (AvgIpc) is 2.95. The van der Waals surface area contributed by atoms with Crippen LogP contribution in [0.1, 0.15) is 31.0 Å². The highest BCUT2D eigenvalue weighted by Gasteiger charge is 2.45. The number of ketones is 1. The fourth-order valence-corrected chi connectivity index (χ4v) is 3.49. The first-order valence-electron chi connectivity index (χ1n) is 9.06. The molecule has 1 aliphatic heterocycles. The molecule has 1 aliphatic rings. The molecule has 1 amide bonds. The van der Waals surface area contributed by atoms with Crippen molar-refractivity contribution in [2.45, 2.75) is 26.0 Å². The van der Waals surface area contributed by atoms with Crippen molar-refractivity contribution in [2.24, 2.45) is 0 Å². The van der Waals surface area contributed by atoms with E-state index in [1.807, 2.05) is 13.8 Å². The minimum atomic E-state index is -0.764. The Labute approximate surface area is 178 Å². The molecular formula is C21H20Cl2N2O4. The van der Waals surface area contributed by atoms with E-state index in [4.69, 9.17) is 27.9 Å². The number of likely N-dealkylation sites (tertiary alicyclic amines) is 1. The molecule has 6 nitrogen and oxygen atoms in total. The molecule has 2 heterocycles. The molecule has 29 heavy (non-hydrogen) atoms. The average molecular weight is 435 g/mol. The third-order valence-electron chi connectivity index (χ3n) is 4.54. The van der Waals surface area contributed by atoms with Gasteiger partial charge in [0.05, 0.1) is 34.4 Å². The molecule has 8 heteroatoms. The Morgan fingerprint density at radius 2 is 1.86 bits per heavy atom. The molecule has 1 N–H and O–H groups in total. The number of carbonyl (C=O) groups excluding carboxylic acids is 2. The molecule has 1 atom stereocenters. The first kappa shape index (κ1) is 21.3. The number of hydrogen-bond donors (Lipinski definition) is 1. The van der Waals surface area contributed by atoms with E-state index in [0.717, 1.165) is 0 Å². The van der Waals surface area contributed by atoms with Crippen LogP contribution in [0.5, 0.6) is 0 Å². The van der Waals surface area contributed by atoms with Crippen LogP contribution < -0.4 is 0 Å². The van der Waals surface area contributed by atoms with Gasteiger partial charge in [-0.25, -0.2) is 0 Å². The summed E-state index contributed by atoms with van der Waals surface area (Å²) < 4.78 is 5.55. The van der Waals surface area contributed by atoms with Crippen LogP contribution in [0.3, 0.4) is 0 Å². The van der Waals surface area contributed by atoms with Crippen molar-refractivity contribution >= 4 is 40.7 Å². The molecule has 0 bridgehead atoms. The summed E-state index contributed by atoms with van der Waals surface area (Å²) in [4.78, 5) is 31.0. The van der Waals surface area contributed by atoms with Crippen LogP contribution in [-0.2, 0) is 14.3 Å². The van der Waals surface area contributed by atoms with Gasteiger partial charge in [0.15, 0.2) is 0 Å². The van der Waals surface area contributed by atoms with Crippen molar-refractivity contribution < 1.29 is 19.4 Å². The van der Waals surface area contributed by atoms with Gasteiger partial charge in [0.2, 0.25) is 0 Å². The number of halogens is 2. The molecule has 0 aliphatic carbocycles. The number of pyridine rings is 1. The number of nitrogens with zero attached hydrogens (tertiary/aromatic N) is 2. The van der Waals surface area contributed by atoms with Gasteiger partial charge in [-0.3, -0.25) is 14.6 Å². The maximum atomic E-state index is 12.8. The lowest BCUT2D eigenvalue weighted by Crippen LogP contribution is -2.33. The zero-order valence-corrected chi connectivity index (χ0v) is 17.4. The minimum Gasteiger partial charge on any atom is -0.507 e. The maximum Gasteiger partial charge on any atom is 0.295 e. The van der Waals surface area contributed by atoms with Gasteiger partial charge in [-0.2, -0.15) is 0 Å². The Kier molecular flexibility index (Phi) is 6.57. The highest BCUT2D eigenvalue weighted by molar-refractivity contribution is 6.46. The Morgan fingerprint density at radius 1 is 1.17 bits per heavy atom. The summed E-state index contributed by atoms with van der Waals surface area (Å²) in [6.07, 6.45) is 3.13. The molecule has 1 unspecified atom stereocenters. The van der Waals surface area contributed by atoms with E-state index in [0.29, 0.717) is 16.1 Å². The van der Waals surface area contributed by atoms with Crippen molar-refractivity contribution in [3.05, 3.63) is 69.5 Å². The second-order valence-electron chi connectivity index (χ2n) is 6.82. The van der Waals surface area contributed by atoms with E-state index >= 15 is 0 Å². The Balaban J connectivity index is 2.09. The number of carbonyl (C=O) groups is 2. The third-order valence-corrected chi connectivity index (χ3v) is 5.28. The lowest BCUT2D eigenvalue weighted by Gasteiger charge is -2.25. The maximum absolute atomic E-state index is 12.8. The molecule has 3 rings (SSSR count). The van der Waals surface area contributed by atoms with E-state index < -0.39 is 17.7 Å². The van der Waals surface area contributed by atoms with Crippen molar-refractivity contribution in [1.82, 2.24) is 9.88 Å². The Hall–Kier alpha value is -2.41. The molecule has 0 radical (unpaired) electrons. The second-order valence-corrected chi connectivity index (χ2v) is 7.64. The number of ether oxygens (including phenoxy) is 1. The number of benzene rings is 1. The summed E-state index contributed by atoms with van der Waals surface area (Å²) in [5.41, 5.74) is 0.948. The van der Waals surface area contributed by atoms with Gasteiger partial charge in [0.25, 0.3) is 11.7 Å². The summed E-state index contributed by atoms with van der Waals surface area (Å²) in [6, 6.07) is 7.17. The quantitative estimate of drug-likeness (QED) is 0.417. The van der Waals surface area contributed by atoms with E-state index in [2.05, 4.69) is 4.98 Å². The Bertz CT molecular complexity index is 960. The van der Waals surface area contributed by atoms with Gasteiger partial charge in [0.1, 0.15) is 5.76 Å². The molecule has 1 aromatic heterocycles. The number of aromatic nitrogens is 1. The van der Waals surface area contributed by atoms with Crippen LogP contribution in [0.2, 0.25) is 10.0 Å². The minimum absolute atomic E-state index is 0.0101. The van der Waals surface area contributed by atoms with Crippen molar-refractivity contribution in [3.8, 4) is 0 Å². The summed E-state index contributed by atoms with van der Waals surface area (Å²) in [7, 11) is 0. The normalized spacial score (nSPS) is 18.7. The SMILES string of the molecule is CC(C)OCCN1C(=O)C(=O)/C(=C(\O)c2ccc(Cl)c(Cl)c2)C1c1ccncc1. The predicted molar refractivity (Wildman–Crippen MR) is 111 cm³/mol. The number of aliphatic hydroxyl groups excluding tert-OH is 1. The standard InChI is InChI=1S/C21H20Cl2N2O4/c1-12(2)29-10-9-25-18(13-5-7-24-8-6-13)17(20(27)21(25)28)19(26)14-3-4-15(22)16(23)11-14/h3-8,11-12,18,26H,9-10H2,1-2H3/b19-17-. The number of hydrogen-bond acceptors (Lipinski definition) is 5. The smallest absolute Gasteiger partial charge is 0.295 e. The van der Waals surface area contributed by atoms with Crippen LogP contribution in [0.25, 0.3) is 5.76 Å². The van der Waals surface area contributed by atoms with Crippen LogP contribution in [0, 0.1) is 0 Å². The van der Waals surface area contributed by atoms with Crippen molar-refractivity contribution in [1.29, 1.82) is 0 Å². The summed E-state index contributed by atoms with van der Waals surface area (Å²) in [5.74, 6) is -1.77. The van der Waals surface area contributed by atoms with E-state index in [1.54, 1.807) is 30.6 Å². The first-order chi connectivity index (χ1) is 13.8. The Morgan fingerprint density at radius 3 is 2.48 bits per heavy atom. The zero-order valence-electron chi connectivity index (χ0n) is 15.9. The fraction of sp³-hybridized carbons (Fsp3) is 0.286. The van der Waals surface area contributed by atoms with Gasteiger partial charge in [-0.05, 0) is 49.7 Å². The van der Waals surface area contributed by atoms with Crippen LogP contribution in [-0.4, -0.2) is 45.9 Å². The zero-order chi connectivity index (χ0) is 21.1. The number of Topliss-reactive ketones (excluding diaryl/α,β-unsaturated/α-hetero) is 1. The summed E-state index contributed by atoms with van der Waals surface area (Å²) in [6.45, 7) is 4.24. The van der Waals surface area contributed by atoms with Crippen LogP contribution >= 0.6 is 23.2 Å². The number of rotatable bonds is 6.